The third kappa shape index (κ3) is 3.68. The van der Waals surface area contributed by atoms with Gasteiger partial charge < -0.3 is 9.64 Å². The molecule has 0 spiro atoms. The number of rotatable bonds is 5. The van der Waals surface area contributed by atoms with E-state index < -0.39 is 0 Å². The van der Waals surface area contributed by atoms with Gasteiger partial charge in [-0.25, -0.2) is 0 Å². The molecule has 1 unspecified atom stereocenters. The molecule has 1 heterocycles. The fraction of sp³-hybridized carbons (Fsp3) is 0.179. The monoisotopic (exact) mass is 407 g/mol. The Hall–Kier alpha value is -3.59. The molecule has 0 aliphatic carbocycles. The number of nitrogens with zero attached hydrogens (tertiary/aromatic N) is 1. The molecular weight excluding hydrogens is 382 g/mol. The highest BCUT2D eigenvalue weighted by Gasteiger charge is 2.32. The van der Waals surface area contributed by atoms with E-state index in [9.17, 15) is 4.79 Å². The van der Waals surface area contributed by atoms with Crippen molar-refractivity contribution in [2.24, 2.45) is 0 Å². The van der Waals surface area contributed by atoms with Crippen molar-refractivity contribution in [1.29, 1.82) is 0 Å². The molecule has 0 bridgehead atoms. The number of ether oxygens (including phenoxy) is 1. The normalized spacial score (nSPS) is 15.7. The van der Waals surface area contributed by atoms with Gasteiger partial charge in [0, 0.05) is 24.6 Å². The molecule has 0 N–H and O–H groups in total. The Balaban J connectivity index is 1.49. The molecule has 5 rings (SSSR count). The van der Waals surface area contributed by atoms with Crippen molar-refractivity contribution in [2.75, 3.05) is 11.4 Å². The summed E-state index contributed by atoms with van der Waals surface area (Å²) in [6.45, 7) is 3.26. The summed E-state index contributed by atoms with van der Waals surface area (Å²) in [6, 6.07) is 31.1. The molecule has 1 aliphatic rings. The Morgan fingerprint density at radius 3 is 2.39 bits per heavy atom. The topological polar surface area (TPSA) is 29.5 Å². The van der Waals surface area contributed by atoms with Crippen LogP contribution in [0.1, 0.15) is 36.0 Å². The molecule has 0 radical (unpaired) electrons. The number of hydrogen-bond acceptors (Lipinski definition) is 2. The molecule has 154 valence electrons. The Morgan fingerprint density at radius 1 is 0.871 bits per heavy atom. The molecule has 1 aliphatic heterocycles. The largest absolute Gasteiger partial charge is 0.489 e. The minimum absolute atomic E-state index is 0.0413. The highest BCUT2D eigenvalue weighted by atomic mass is 16.5. The van der Waals surface area contributed by atoms with Crippen LogP contribution >= 0.6 is 0 Å². The lowest BCUT2D eigenvalue weighted by Gasteiger charge is -2.34. The van der Waals surface area contributed by atoms with Crippen molar-refractivity contribution < 1.29 is 9.53 Å². The van der Waals surface area contributed by atoms with Crippen LogP contribution in [0.25, 0.3) is 10.8 Å². The Kier molecular flexibility index (Phi) is 5.17. The average molecular weight is 408 g/mol. The van der Waals surface area contributed by atoms with Gasteiger partial charge in [0.25, 0.3) is 0 Å². The van der Waals surface area contributed by atoms with Crippen molar-refractivity contribution in [3.63, 3.8) is 0 Å². The van der Waals surface area contributed by atoms with E-state index in [1.807, 2.05) is 42.2 Å². The van der Waals surface area contributed by atoms with Crippen LogP contribution in [0.5, 0.6) is 5.75 Å². The number of fused-ring (bicyclic) bond motifs is 3. The first-order valence-corrected chi connectivity index (χ1v) is 10.8. The predicted octanol–water partition coefficient (Wildman–Crippen LogP) is 6.31. The summed E-state index contributed by atoms with van der Waals surface area (Å²) >= 11 is 0. The second-order valence-corrected chi connectivity index (χ2v) is 7.96. The van der Waals surface area contributed by atoms with Gasteiger partial charge in [-0.3, -0.25) is 4.79 Å². The van der Waals surface area contributed by atoms with Crippen LogP contribution in [0.15, 0.2) is 91.0 Å². The maximum absolute atomic E-state index is 12.9. The molecule has 0 saturated carbocycles. The van der Waals surface area contributed by atoms with Gasteiger partial charge in [0.05, 0.1) is 0 Å². The van der Waals surface area contributed by atoms with Gasteiger partial charge >= 0.3 is 0 Å². The predicted molar refractivity (Wildman–Crippen MR) is 126 cm³/mol. The summed E-state index contributed by atoms with van der Waals surface area (Å²) < 4.78 is 5.95. The number of carbonyl (C=O) groups excluding carboxylic acids is 1. The standard InChI is InChI=1S/C28H25NO2/c1-2-29-26-17-14-21-10-6-7-11-24(21)28(26)25(18-27(29)30)22-12-15-23(16-13-22)31-19-20-8-4-3-5-9-20/h3-17,25H,2,18-19H2,1H3. The van der Waals surface area contributed by atoms with Gasteiger partial charge in [-0.15, -0.1) is 0 Å². The van der Waals surface area contributed by atoms with Gasteiger partial charge in [0.15, 0.2) is 0 Å². The van der Waals surface area contributed by atoms with Crippen molar-refractivity contribution in [3.8, 4) is 5.75 Å². The van der Waals surface area contributed by atoms with Crippen LogP contribution in [0.2, 0.25) is 0 Å². The molecule has 31 heavy (non-hydrogen) atoms. The second-order valence-electron chi connectivity index (χ2n) is 7.96. The van der Waals surface area contributed by atoms with E-state index >= 15 is 0 Å². The van der Waals surface area contributed by atoms with E-state index in [1.165, 1.54) is 16.3 Å². The Labute approximate surface area is 182 Å². The summed E-state index contributed by atoms with van der Waals surface area (Å²) in [5.74, 6) is 1.06. The van der Waals surface area contributed by atoms with Gasteiger partial charge in [0.1, 0.15) is 12.4 Å². The minimum atomic E-state index is 0.0413. The van der Waals surface area contributed by atoms with Crippen molar-refractivity contribution in [2.45, 2.75) is 25.9 Å². The number of carbonyl (C=O) groups is 1. The first kappa shape index (κ1) is 19.4. The van der Waals surface area contributed by atoms with Crippen LogP contribution in [0.4, 0.5) is 5.69 Å². The highest BCUT2D eigenvalue weighted by molar-refractivity contribution is 6.03. The third-order valence-electron chi connectivity index (χ3n) is 6.11. The molecule has 4 aromatic carbocycles. The first-order valence-electron chi connectivity index (χ1n) is 10.8. The molecule has 0 saturated heterocycles. The first-order chi connectivity index (χ1) is 15.2. The molecule has 0 aromatic heterocycles. The molecule has 1 amide bonds. The smallest absolute Gasteiger partial charge is 0.227 e. The van der Waals surface area contributed by atoms with Crippen molar-refractivity contribution in [3.05, 3.63) is 108 Å². The number of anilines is 1. The van der Waals surface area contributed by atoms with Gasteiger partial charge in [-0.2, -0.15) is 0 Å². The summed E-state index contributed by atoms with van der Waals surface area (Å²) in [5, 5.41) is 2.43. The molecule has 4 aromatic rings. The van der Waals surface area contributed by atoms with E-state index in [2.05, 4.69) is 60.7 Å². The highest BCUT2D eigenvalue weighted by Crippen LogP contribution is 2.44. The zero-order valence-corrected chi connectivity index (χ0v) is 17.6. The van der Waals surface area contributed by atoms with E-state index in [4.69, 9.17) is 4.74 Å². The van der Waals surface area contributed by atoms with Crippen LogP contribution in [0.3, 0.4) is 0 Å². The lowest BCUT2D eigenvalue weighted by molar-refractivity contribution is -0.119. The quantitative estimate of drug-likeness (QED) is 0.388. The van der Waals surface area contributed by atoms with Gasteiger partial charge in [-0.1, -0.05) is 72.8 Å². The van der Waals surface area contributed by atoms with E-state index in [0.717, 1.165) is 22.6 Å². The zero-order chi connectivity index (χ0) is 21.2. The van der Waals surface area contributed by atoms with E-state index in [1.54, 1.807) is 0 Å². The maximum atomic E-state index is 12.9. The molecule has 3 nitrogen and oxygen atoms in total. The maximum Gasteiger partial charge on any atom is 0.227 e. The molecule has 0 fully saturated rings. The molecular formula is C28H25NO2. The van der Waals surface area contributed by atoms with Crippen LogP contribution in [-0.2, 0) is 11.4 Å². The molecule has 1 atom stereocenters. The van der Waals surface area contributed by atoms with Crippen molar-refractivity contribution in [1.82, 2.24) is 0 Å². The second kappa shape index (κ2) is 8.27. The van der Waals surface area contributed by atoms with Crippen LogP contribution in [-0.4, -0.2) is 12.5 Å². The SMILES string of the molecule is CCN1C(=O)CC(c2ccc(OCc3ccccc3)cc2)c2c1ccc1ccccc21. The summed E-state index contributed by atoms with van der Waals surface area (Å²) in [6.07, 6.45) is 0.485. The minimum Gasteiger partial charge on any atom is -0.489 e. The van der Waals surface area contributed by atoms with Gasteiger partial charge in [-0.05, 0) is 52.6 Å². The number of benzene rings is 4. The van der Waals surface area contributed by atoms with Gasteiger partial charge in [0.2, 0.25) is 5.91 Å². The summed E-state index contributed by atoms with van der Waals surface area (Å²) in [4.78, 5) is 14.8. The fourth-order valence-electron chi connectivity index (χ4n) is 4.58. The average Bonchev–Trinajstić information content (AvgIpc) is 2.83. The lowest BCUT2D eigenvalue weighted by atomic mass is 9.81. The Morgan fingerprint density at radius 2 is 1.61 bits per heavy atom. The van der Waals surface area contributed by atoms with Crippen LogP contribution in [0, 0.1) is 0 Å². The van der Waals surface area contributed by atoms with Crippen LogP contribution < -0.4 is 9.64 Å². The third-order valence-corrected chi connectivity index (χ3v) is 6.11. The van der Waals surface area contributed by atoms with Crippen molar-refractivity contribution >= 4 is 22.4 Å². The summed E-state index contributed by atoms with van der Waals surface area (Å²) in [7, 11) is 0. The summed E-state index contributed by atoms with van der Waals surface area (Å²) in [5.41, 5.74) is 4.57. The van der Waals surface area contributed by atoms with E-state index in [0.29, 0.717) is 19.6 Å². The lowest BCUT2D eigenvalue weighted by Crippen LogP contribution is -2.36. The zero-order valence-electron chi connectivity index (χ0n) is 17.6. The van der Waals surface area contributed by atoms with E-state index in [-0.39, 0.29) is 11.8 Å². The molecule has 3 heteroatoms. The number of amides is 1. The Bertz CT molecular complexity index is 1210. The fourth-order valence-corrected chi connectivity index (χ4v) is 4.58. The number of hydrogen-bond donors (Lipinski definition) is 0.